The highest BCUT2D eigenvalue weighted by molar-refractivity contribution is 9.11. The molecular weight excluding hydrogens is 508 g/mol. The average Bonchev–Trinajstić information content (AvgIpc) is 3.00. The number of hydrogen-bond acceptors (Lipinski definition) is 5. The number of carbonyl (C=O) groups is 1. The first kappa shape index (κ1) is 21.4. The van der Waals surface area contributed by atoms with Crippen molar-refractivity contribution in [1.82, 2.24) is 9.55 Å². The van der Waals surface area contributed by atoms with E-state index in [2.05, 4.69) is 48.6 Å². The Kier molecular flexibility index (Phi) is 7.56. The molecule has 28 heavy (non-hydrogen) atoms. The van der Waals surface area contributed by atoms with Crippen LogP contribution in [0.1, 0.15) is 22.8 Å². The van der Waals surface area contributed by atoms with Crippen molar-refractivity contribution in [3.8, 4) is 0 Å². The van der Waals surface area contributed by atoms with E-state index in [0.717, 1.165) is 30.9 Å². The van der Waals surface area contributed by atoms with Crippen molar-refractivity contribution in [2.45, 2.75) is 24.4 Å². The lowest BCUT2D eigenvalue weighted by molar-refractivity contribution is 0.0526. The first-order valence-electron chi connectivity index (χ1n) is 8.76. The summed E-state index contributed by atoms with van der Waals surface area (Å²) in [7, 11) is 1.68. The maximum absolute atomic E-state index is 12.0. The van der Waals surface area contributed by atoms with Crippen LogP contribution in [-0.4, -0.2) is 35.8 Å². The molecule has 0 amide bonds. The quantitative estimate of drug-likeness (QED) is 0.279. The summed E-state index contributed by atoms with van der Waals surface area (Å²) in [6.07, 6.45) is 0. The van der Waals surface area contributed by atoms with Crippen molar-refractivity contribution in [3.05, 3.63) is 56.5 Å². The van der Waals surface area contributed by atoms with E-state index in [4.69, 9.17) is 14.5 Å². The Morgan fingerprint density at radius 2 is 1.93 bits per heavy atom. The van der Waals surface area contributed by atoms with Gasteiger partial charge in [-0.1, -0.05) is 43.6 Å². The van der Waals surface area contributed by atoms with Crippen LogP contribution < -0.4 is 0 Å². The molecular formula is C20H20Br2N2O3S. The fourth-order valence-electron chi connectivity index (χ4n) is 2.80. The van der Waals surface area contributed by atoms with Gasteiger partial charge in [0, 0.05) is 28.4 Å². The van der Waals surface area contributed by atoms with E-state index in [-0.39, 0.29) is 5.97 Å². The van der Waals surface area contributed by atoms with E-state index < -0.39 is 0 Å². The number of imidazole rings is 1. The minimum atomic E-state index is -0.330. The van der Waals surface area contributed by atoms with Crippen molar-refractivity contribution < 1.29 is 14.3 Å². The number of thioether (sulfide) groups is 1. The zero-order chi connectivity index (χ0) is 20.1. The molecule has 1 aromatic heterocycles. The predicted octanol–water partition coefficient (Wildman–Crippen LogP) is 5.68. The van der Waals surface area contributed by atoms with Gasteiger partial charge >= 0.3 is 5.97 Å². The summed E-state index contributed by atoms with van der Waals surface area (Å²) in [6.45, 7) is 3.42. The Bertz CT molecular complexity index is 971. The number of halogens is 2. The Morgan fingerprint density at radius 3 is 2.61 bits per heavy atom. The zero-order valence-electron chi connectivity index (χ0n) is 15.6. The molecule has 0 N–H and O–H groups in total. The lowest BCUT2D eigenvalue weighted by atomic mass is 10.2. The molecule has 0 radical (unpaired) electrons. The topological polar surface area (TPSA) is 53.3 Å². The number of benzene rings is 2. The molecule has 0 unspecified atom stereocenters. The molecule has 2 aromatic carbocycles. The molecule has 8 heteroatoms. The van der Waals surface area contributed by atoms with Crippen LogP contribution in [0, 0.1) is 0 Å². The Morgan fingerprint density at radius 1 is 1.18 bits per heavy atom. The molecule has 0 aliphatic heterocycles. The first-order chi connectivity index (χ1) is 13.5. The zero-order valence-corrected chi connectivity index (χ0v) is 19.6. The van der Waals surface area contributed by atoms with Crippen LogP contribution in [0.2, 0.25) is 0 Å². The largest absolute Gasteiger partial charge is 0.462 e. The highest BCUT2D eigenvalue weighted by Crippen LogP contribution is 2.29. The third-order valence-corrected chi connectivity index (χ3v) is 6.00. The Labute approximate surface area is 185 Å². The highest BCUT2D eigenvalue weighted by Gasteiger charge is 2.15. The minimum Gasteiger partial charge on any atom is -0.462 e. The molecule has 3 rings (SSSR count). The van der Waals surface area contributed by atoms with Crippen LogP contribution >= 0.6 is 43.6 Å². The van der Waals surface area contributed by atoms with Crippen LogP contribution in [-0.2, 0) is 21.8 Å². The molecule has 0 saturated carbocycles. The van der Waals surface area contributed by atoms with Gasteiger partial charge in [-0.15, -0.1) is 0 Å². The van der Waals surface area contributed by atoms with E-state index in [1.54, 1.807) is 37.9 Å². The molecule has 1 heterocycles. The van der Waals surface area contributed by atoms with Gasteiger partial charge in [-0.05, 0) is 48.9 Å². The number of carbonyl (C=O) groups excluding carboxylic acids is 1. The molecule has 0 atom stereocenters. The summed E-state index contributed by atoms with van der Waals surface area (Å²) in [5, 5.41) is 0.893. The maximum atomic E-state index is 12.0. The van der Waals surface area contributed by atoms with E-state index in [9.17, 15) is 4.79 Å². The SMILES string of the molecule is CCOC(=O)c1ccc2c(c1)nc(SCc1cc(Br)cc(Br)c1)n2CCOC. The van der Waals surface area contributed by atoms with Crippen LogP contribution in [0.15, 0.2) is 50.5 Å². The molecule has 5 nitrogen and oxygen atoms in total. The number of nitrogens with zero attached hydrogens (tertiary/aromatic N) is 2. The van der Waals surface area contributed by atoms with Crippen molar-refractivity contribution in [2.24, 2.45) is 0 Å². The number of aromatic nitrogens is 2. The number of methoxy groups -OCH3 is 1. The van der Waals surface area contributed by atoms with Crippen molar-refractivity contribution >= 4 is 60.6 Å². The van der Waals surface area contributed by atoms with Crippen molar-refractivity contribution in [2.75, 3.05) is 20.3 Å². The van der Waals surface area contributed by atoms with Crippen molar-refractivity contribution in [1.29, 1.82) is 0 Å². The normalized spacial score (nSPS) is 11.1. The molecule has 0 aliphatic rings. The summed E-state index contributed by atoms with van der Waals surface area (Å²) >= 11 is 8.72. The van der Waals surface area contributed by atoms with E-state index >= 15 is 0 Å². The molecule has 0 fully saturated rings. The van der Waals surface area contributed by atoms with Gasteiger partial charge in [0.25, 0.3) is 0 Å². The van der Waals surface area contributed by atoms with Gasteiger partial charge in [-0.3, -0.25) is 0 Å². The molecule has 0 saturated heterocycles. The summed E-state index contributed by atoms with van der Waals surface area (Å²) in [4.78, 5) is 16.8. The summed E-state index contributed by atoms with van der Waals surface area (Å²) in [5.74, 6) is 0.447. The number of fused-ring (bicyclic) bond motifs is 1. The van der Waals surface area contributed by atoms with Crippen LogP contribution in [0.4, 0.5) is 0 Å². The predicted molar refractivity (Wildman–Crippen MR) is 119 cm³/mol. The van der Waals surface area contributed by atoms with E-state index in [1.165, 1.54) is 5.56 Å². The molecule has 0 bridgehead atoms. The highest BCUT2D eigenvalue weighted by atomic mass is 79.9. The standard InChI is InChI=1S/C20H20Br2N2O3S/c1-3-27-19(25)14-4-5-18-17(10-14)23-20(24(18)6-7-26-2)28-12-13-8-15(21)11-16(22)9-13/h4-5,8-11H,3,6-7,12H2,1-2H3. The number of ether oxygens (including phenoxy) is 2. The average molecular weight is 528 g/mol. The third-order valence-electron chi connectivity index (χ3n) is 4.03. The van der Waals surface area contributed by atoms with Gasteiger partial charge in [0.15, 0.2) is 5.16 Å². The fourth-order valence-corrected chi connectivity index (χ4v) is 5.16. The summed E-state index contributed by atoms with van der Waals surface area (Å²) in [5.41, 5.74) is 3.45. The van der Waals surface area contributed by atoms with Crippen LogP contribution in [0.3, 0.4) is 0 Å². The molecule has 0 aliphatic carbocycles. The number of hydrogen-bond donors (Lipinski definition) is 0. The summed E-state index contributed by atoms with van der Waals surface area (Å²) in [6, 6.07) is 11.7. The smallest absolute Gasteiger partial charge is 0.338 e. The Hall–Kier alpha value is -1.35. The van der Waals surface area contributed by atoms with Crippen LogP contribution in [0.25, 0.3) is 11.0 Å². The molecule has 3 aromatic rings. The maximum Gasteiger partial charge on any atom is 0.338 e. The van der Waals surface area contributed by atoms with E-state index in [1.807, 2.05) is 12.1 Å². The van der Waals surface area contributed by atoms with Gasteiger partial charge in [-0.2, -0.15) is 0 Å². The number of rotatable bonds is 8. The second-order valence-electron chi connectivity index (χ2n) is 6.03. The van der Waals surface area contributed by atoms with Crippen molar-refractivity contribution in [3.63, 3.8) is 0 Å². The first-order valence-corrected chi connectivity index (χ1v) is 11.3. The second-order valence-corrected chi connectivity index (χ2v) is 8.80. The lowest BCUT2D eigenvalue weighted by Crippen LogP contribution is -2.06. The summed E-state index contributed by atoms with van der Waals surface area (Å²) < 4.78 is 14.6. The van der Waals surface area contributed by atoms with Gasteiger partial charge in [-0.25, -0.2) is 9.78 Å². The Balaban J connectivity index is 1.91. The third kappa shape index (κ3) is 5.17. The monoisotopic (exact) mass is 526 g/mol. The van der Waals surface area contributed by atoms with Gasteiger partial charge in [0.05, 0.1) is 29.8 Å². The molecule has 148 valence electrons. The van der Waals surface area contributed by atoms with E-state index in [0.29, 0.717) is 25.3 Å². The second kappa shape index (κ2) is 9.91. The van der Waals surface area contributed by atoms with Gasteiger partial charge < -0.3 is 14.0 Å². The molecule has 0 spiro atoms. The number of esters is 1. The van der Waals surface area contributed by atoms with Gasteiger partial charge in [0.1, 0.15) is 0 Å². The minimum absolute atomic E-state index is 0.330. The van der Waals surface area contributed by atoms with Crippen LogP contribution in [0.5, 0.6) is 0 Å². The lowest BCUT2D eigenvalue weighted by Gasteiger charge is -2.09. The fraction of sp³-hybridized carbons (Fsp3) is 0.300. The van der Waals surface area contributed by atoms with Gasteiger partial charge in [0.2, 0.25) is 0 Å².